The van der Waals surface area contributed by atoms with Crippen LogP contribution in [0.3, 0.4) is 0 Å². The number of rotatable bonds is 7. The van der Waals surface area contributed by atoms with Crippen molar-refractivity contribution in [2.75, 3.05) is 55.9 Å². The van der Waals surface area contributed by atoms with Gasteiger partial charge in [0.25, 0.3) is 5.91 Å². The Morgan fingerprint density at radius 3 is 2.62 bits per heavy atom. The average molecular weight is 459 g/mol. The van der Waals surface area contributed by atoms with Gasteiger partial charge in [-0.25, -0.2) is 4.98 Å². The number of nitrogens with zero attached hydrogens (tertiary/aromatic N) is 5. The summed E-state index contributed by atoms with van der Waals surface area (Å²) in [5, 5.41) is 15.7. The number of carbonyl (C=O) groups excluding carboxylic acids is 1. The second kappa shape index (κ2) is 10.1. The third-order valence-corrected chi connectivity index (χ3v) is 5.63. The lowest BCUT2D eigenvalue weighted by Crippen LogP contribution is -2.44. The number of primary amides is 1. The molecule has 174 valence electrons. The van der Waals surface area contributed by atoms with E-state index < -0.39 is 5.91 Å². The van der Waals surface area contributed by atoms with Crippen molar-refractivity contribution in [3.05, 3.63) is 59.8 Å². The maximum Gasteiger partial charge on any atom is 0.250 e. The summed E-state index contributed by atoms with van der Waals surface area (Å²) in [4.78, 5) is 25.0. The highest BCUT2D eigenvalue weighted by Gasteiger charge is 2.18. The summed E-state index contributed by atoms with van der Waals surface area (Å²) < 4.78 is 5.64. The molecule has 1 aliphatic heterocycles. The molecule has 0 spiro atoms. The Labute approximate surface area is 198 Å². The zero-order valence-electron chi connectivity index (χ0n) is 19.1. The summed E-state index contributed by atoms with van der Waals surface area (Å²) in [6, 6.07) is 14.7. The van der Waals surface area contributed by atoms with Crippen LogP contribution in [0.1, 0.15) is 15.9 Å². The molecular formula is C24H26N8O2. The number of likely N-dealkylation sites (N-methyl/N-ethyl adjacent to an activating group) is 1. The summed E-state index contributed by atoms with van der Waals surface area (Å²) in [7, 11) is 3.77. The Balaban J connectivity index is 1.58. The lowest BCUT2D eigenvalue weighted by molar-refractivity contribution is 0.100. The standard InChI is InChI=1S/C24H26N8O2/c1-31-9-11-32(12-10-31)20-8-7-17(13-21(20)34-2)28-24-27-15-16(14-25)23(30-24)29-19-6-4-3-5-18(19)22(26)33/h3-8,13,15H,9-12H2,1-2H3,(H2,26,33)(H2,27,28,29,30). The van der Waals surface area contributed by atoms with Crippen molar-refractivity contribution >= 4 is 34.7 Å². The molecule has 2 heterocycles. The number of anilines is 5. The summed E-state index contributed by atoms with van der Waals surface area (Å²) in [5.74, 6) is 0.709. The number of nitriles is 1. The maximum absolute atomic E-state index is 11.7. The molecule has 0 aliphatic carbocycles. The van der Waals surface area contributed by atoms with Gasteiger partial charge >= 0.3 is 0 Å². The van der Waals surface area contributed by atoms with Crippen LogP contribution < -0.4 is 26.0 Å². The van der Waals surface area contributed by atoms with Gasteiger partial charge in [-0.3, -0.25) is 4.79 Å². The molecule has 1 fully saturated rings. The SMILES string of the molecule is COc1cc(Nc2ncc(C#N)c(Nc3ccccc3C(N)=O)n2)ccc1N1CCN(C)CC1. The molecule has 1 aliphatic rings. The largest absolute Gasteiger partial charge is 0.495 e. The highest BCUT2D eigenvalue weighted by atomic mass is 16.5. The molecule has 34 heavy (non-hydrogen) atoms. The fraction of sp³-hybridized carbons (Fsp3) is 0.250. The van der Waals surface area contributed by atoms with Gasteiger partial charge in [0.05, 0.1) is 30.2 Å². The first-order chi connectivity index (χ1) is 16.5. The van der Waals surface area contributed by atoms with Crippen molar-refractivity contribution in [3.8, 4) is 11.8 Å². The molecule has 10 nitrogen and oxygen atoms in total. The van der Waals surface area contributed by atoms with Crippen molar-refractivity contribution in [2.24, 2.45) is 5.73 Å². The number of ether oxygens (including phenoxy) is 1. The number of hydrogen-bond acceptors (Lipinski definition) is 9. The van der Waals surface area contributed by atoms with Gasteiger partial charge in [0.2, 0.25) is 5.95 Å². The van der Waals surface area contributed by atoms with Crippen molar-refractivity contribution in [1.29, 1.82) is 5.26 Å². The van der Waals surface area contributed by atoms with Crippen LogP contribution in [0.4, 0.5) is 28.8 Å². The van der Waals surface area contributed by atoms with Gasteiger partial charge in [-0.05, 0) is 31.3 Å². The van der Waals surface area contributed by atoms with E-state index in [1.165, 1.54) is 6.20 Å². The molecule has 0 bridgehead atoms. The number of aromatic nitrogens is 2. The molecule has 1 amide bonds. The monoisotopic (exact) mass is 458 g/mol. The number of piperazine rings is 1. The van der Waals surface area contributed by atoms with E-state index in [0.717, 1.165) is 43.3 Å². The predicted molar refractivity (Wildman–Crippen MR) is 131 cm³/mol. The number of benzene rings is 2. The highest BCUT2D eigenvalue weighted by Crippen LogP contribution is 2.33. The van der Waals surface area contributed by atoms with Crippen LogP contribution >= 0.6 is 0 Å². The second-order valence-electron chi connectivity index (χ2n) is 7.90. The molecule has 0 atom stereocenters. The molecule has 0 unspecified atom stereocenters. The number of para-hydroxylation sites is 1. The van der Waals surface area contributed by atoms with Crippen LogP contribution in [-0.4, -0.2) is 61.1 Å². The Kier molecular flexibility index (Phi) is 6.75. The van der Waals surface area contributed by atoms with Gasteiger partial charge in [-0.15, -0.1) is 0 Å². The predicted octanol–water partition coefficient (Wildman–Crippen LogP) is 2.69. The molecular weight excluding hydrogens is 432 g/mol. The molecule has 1 saturated heterocycles. The Hall–Kier alpha value is -4.36. The third kappa shape index (κ3) is 5.00. The maximum atomic E-state index is 11.7. The molecule has 4 N–H and O–H groups in total. The molecule has 2 aromatic carbocycles. The quantitative estimate of drug-likeness (QED) is 0.489. The lowest BCUT2D eigenvalue weighted by Gasteiger charge is -2.34. The van der Waals surface area contributed by atoms with Crippen molar-refractivity contribution in [3.63, 3.8) is 0 Å². The molecule has 4 rings (SSSR count). The van der Waals surface area contributed by atoms with E-state index in [4.69, 9.17) is 10.5 Å². The minimum atomic E-state index is -0.582. The average Bonchev–Trinajstić information content (AvgIpc) is 2.85. The molecule has 10 heteroatoms. The van der Waals surface area contributed by atoms with Gasteiger partial charge in [0, 0.05) is 37.9 Å². The first kappa shape index (κ1) is 22.8. The second-order valence-corrected chi connectivity index (χ2v) is 7.90. The van der Waals surface area contributed by atoms with E-state index in [1.807, 2.05) is 18.2 Å². The number of carbonyl (C=O) groups is 1. The van der Waals surface area contributed by atoms with E-state index in [-0.39, 0.29) is 17.3 Å². The minimum Gasteiger partial charge on any atom is -0.495 e. The van der Waals surface area contributed by atoms with Gasteiger partial charge in [-0.1, -0.05) is 12.1 Å². The number of methoxy groups -OCH3 is 1. The zero-order chi connectivity index (χ0) is 24.1. The Bertz CT molecular complexity index is 1230. The minimum absolute atomic E-state index is 0.229. The van der Waals surface area contributed by atoms with Crippen LogP contribution in [0.2, 0.25) is 0 Å². The zero-order valence-corrected chi connectivity index (χ0v) is 19.1. The number of hydrogen-bond donors (Lipinski definition) is 3. The normalized spacial score (nSPS) is 13.7. The van der Waals surface area contributed by atoms with Gasteiger partial charge in [0.15, 0.2) is 5.82 Å². The van der Waals surface area contributed by atoms with E-state index in [1.54, 1.807) is 31.4 Å². The summed E-state index contributed by atoms with van der Waals surface area (Å²) in [5.41, 5.74) is 8.22. The van der Waals surface area contributed by atoms with E-state index in [9.17, 15) is 10.1 Å². The summed E-state index contributed by atoms with van der Waals surface area (Å²) in [6.07, 6.45) is 1.42. The topological polar surface area (TPSA) is 132 Å². The van der Waals surface area contributed by atoms with E-state index in [2.05, 4.69) is 43.5 Å². The van der Waals surface area contributed by atoms with Gasteiger partial charge in [-0.2, -0.15) is 10.2 Å². The number of amides is 1. The first-order valence-corrected chi connectivity index (χ1v) is 10.8. The highest BCUT2D eigenvalue weighted by molar-refractivity contribution is 5.99. The van der Waals surface area contributed by atoms with Gasteiger partial charge < -0.3 is 30.9 Å². The fourth-order valence-corrected chi connectivity index (χ4v) is 3.75. The smallest absolute Gasteiger partial charge is 0.250 e. The van der Waals surface area contributed by atoms with Crippen molar-refractivity contribution in [2.45, 2.75) is 0 Å². The van der Waals surface area contributed by atoms with Crippen LogP contribution in [0.5, 0.6) is 5.75 Å². The first-order valence-electron chi connectivity index (χ1n) is 10.8. The Morgan fingerprint density at radius 1 is 1.15 bits per heavy atom. The molecule has 0 radical (unpaired) electrons. The van der Waals surface area contributed by atoms with Gasteiger partial charge in [0.1, 0.15) is 17.4 Å². The molecule has 3 aromatic rings. The molecule has 0 saturated carbocycles. The fourth-order valence-electron chi connectivity index (χ4n) is 3.75. The van der Waals surface area contributed by atoms with E-state index >= 15 is 0 Å². The van der Waals surface area contributed by atoms with Crippen molar-refractivity contribution in [1.82, 2.24) is 14.9 Å². The van der Waals surface area contributed by atoms with Crippen LogP contribution in [0.15, 0.2) is 48.7 Å². The summed E-state index contributed by atoms with van der Waals surface area (Å²) in [6.45, 7) is 3.86. The summed E-state index contributed by atoms with van der Waals surface area (Å²) >= 11 is 0. The third-order valence-electron chi connectivity index (χ3n) is 5.63. The van der Waals surface area contributed by atoms with Crippen LogP contribution in [-0.2, 0) is 0 Å². The molecule has 1 aromatic heterocycles. The van der Waals surface area contributed by atoms with Crippen LogP contribution in [0.25, 0.3) is 0 Å². The number of nitrogens with one attached hydrogen (secondary N) is 2. The Morgan fingerprint density at radius 2 is 1.91 bits per heavy atom. The lowest BCUT2D eigenvalue weighted by atomic mass is 10.1. The van der Waals surface area contributed by atoms with Crippen LogP contribution in [0, 0.1) is 11.3 Å². The van der Waals surface area contributed by atoms with E-state index in [0.29, 0.717) is 11.3 Å². The number of nitrogens with two attached hydrogens (primary N) is 1. The van der Waals surface area contributed by atoms with Crippen molar-refractivity contribution < 1.29 is 9.53 Å².